The van der Waals surface area contributed by atoms with E-state index >= 15 is 0 Å². The summed E-state index contributed by atoms with van der Waals surface area (Å²) in [6.07, 6.45) is -0.373. The van der Waals surface area contributed by atoms with Gasteiger partial charge < -0.3 is 10.4 Å². The number of β-amino-alcohol motifs (C(OH)–C–C–N with tert-alkyl or cyclic N) is 1. The Bertz CT molecular complexity index is 315. The van der Waals surface area contributed by atoms with Crippen molar-refractivity contribution in [2.45, 2.75) is 19.1 Å². The van der Waals surface area contributed by atoms with E-state index in [0.29, 0.717) is 6.04 Å². The van der Waals surface area contributed by atoms with Crippen LogP contribution in [0.15, 0.2) is 30.3 Å². The molecule has 0 bridgehead atoms. The zero-order valence-electron chi connectivity index (χ0n) is 9.76. The summed E-state index contributed by atoms with van der Waals surface area (Å²) in [5.41, 5.74) is 1.01. The van der Waals surface area contributed by atoms with Gasteiger partial charge in [0.15, 0.2) is 0 Å². The van der Waals surface area contributed by atoms with Crippen LogP contribution in [0.4, 0.5) is 0 Å². The fraction of sp³-hybridized carbons (Fsp3) is 0.538. The number of aliphatic hydroxyl groups is 1. The van der Waals surface area contributed by atoms with Gasteiger partial charge in [0, 0.05) is 32.2 Å². The average molecular weight is 220 g/mol. The van der Waals surface area contributed by atoms with Crippen LogP contribution in [0.3, 0.4) is 0 Å². The lowest BCUT2D eigenvalue weighted by Gasteiger charge is -2.35. The summed E-state index contributed by atoms with van der Waals surface area (Å²) in [7, 11) is 0. The van der Waals surface area contributed by atoms with E-state index in [2.05, 4.69) is 17.1 Å². The third-order valence-corrected chi connectivity index (χ3v) is 3.23. The van der Waals surface area contributed by atoms with Gasteiger partial charge in [0.2, 0.25) is 0 Å². The summed E-state index contributed by atoms with van der Waals surface area (Å²) < 4.78 is 0. The third kappa shape index (κ3) is 2.82. The van der Waals surface area contributed by atoms with E-state index in [1.54, 1.807) is 0 Å². The molecule has 0 amide bonds. The average Bonchev–Trinajstić information content (AvgIpc) is 2.33. The quantitative estimate of drug-likeness (QED) is 0.798. The molecule has 1 aliphatic rings. The monoisotopic (exact) mass is 220 g/mol. The molecule has 1 aromatic rings. The van der Waals surface area contributed by atoms with E-state index in [4.69, 9.17) is 0 Å². The summed E-state index contributed by atoms with van der Waals surface area (Å²) in [4.78, 5) is 2.34. The molecule has 0 saturated carbocycles. The van der Waals surface area contributed by atoms with Gasteiger partial charge in [-0.25, -0.2) is 0 Å². The summed E-state index contributed by atoms with van der Waals surface area (Å²) in [5.74, 6) is 0. The Labute approximate surface area is 97.1 Å². The van der Waals surface area contributed by atoms with Gasteiger partial charge in [0.1, 0.15) is 0 Å². The zero-order valence-corrected chi connectivity index (χ0v) is 9.76. The Hall–Kier alpha value is -0.900. The Kier molecular flexibility index (Phi) is 3.93. The molecule has 2 rings (SSSR count). The Morgan fingerprint density at radius 2 is 2.19 bits per heavy atom. The first-order valence-corrected chi connectivity index (χ1v) is 5.95. The van der Waals surface area contributed by atoms with E-state index in [1.807, 2.05) is 30.3 Å². The first-order chi connectivity index (χ1) is 7.77. The molecule has 16 heavy (non-hydrogen) atoms. The van der Waals surface area contributed by atoms with E-state index in [-0.39, 0.29) is 6.10 Å². The number of nitrogens with one attached hydrogen (secondary N) is 1. The maximum atomic E-state index is 10.1. The topological polar surface area (TPSA) is 35.5 Å². The van der Waals surface area contributed by atoms with Crippen LogP contribution in [-0.2, 0) is 0 Å². The summed E-state index contributed by atoms with van der Waals surface area (Å²) in [5, 5.41) is 13.5. The summed E-state index contributed by atoms with van der Waals surface area (Å²) >= 11 is 0. The van der Waals surface area contributed by atoms with Gasteiger partial charge in [-0.3, -0.25) is 4.90 Å². The highest BCUT2D eigenvalue weighted by Crippen LogP contribution is 2.15. The maximum absolute atomic E-state index is 10.1. The Balaban J connectivity index is 1.94. The molecule has 1 aliphatic heterocycles. The molecular weight excluding hydrogens is 200 g/mol. The zero-order chi connectivity index (χ0) is 11.4. The molecule has 2 atom stereocenters. The molecular formula is C13H20N2O. The molecule has 3 heteroatoms. The SMILES string of the molecule is C[C@@H]1CNCCN1CC(O)c1ccccc1. The molecule has 88 valence electrons. The van der Waals surface area contributed by atoms with Crippen LogP contribution in [0.1, 0.15) is 18.6 Å². The number of nitrogens with zero attached hydrogens (tertiary/aromatic N) is 1. The molecule has 1 unspecified atom stereocenters. The van der Waals surface area contributed by atoms with Crippen molar-refractivity contribution in [3.05, 3.63) is 35.9 Å². The maximum Gasteiger partial charge on any atom is 0.0917 e. The first-order valence-electron chi connectivity index (χ1n) is 5.95. The van der Waals surface area contributed by atoms with Gasteiger partial charge in [-0.2, -0.15) is 0 Å². The second-order valence-corrected chi connectivity index (χ2v) is 4.47. The van der Waals surface area contributed by atoms with Crippen molar-refractivity contribution in [1.82, 2.24) is 10.2 Å². The largest absolute Gasteiger partial charge is 0.387 e. The highest BCUT2D eigenvalue weighted by atomic mass is 16.3. The predicted molar refractivity (Wildman–Crippen MR) is 65.3 cm³/mol. The smallest absolute Gasteiger partial charge is 0.0917 e. The Morgan fingerprint density at radius 1 is 1.44 bits per heavy atom. The van der Waals surface area contributed by atoms with Gasteiger partial charge in [-0.15, -0.1) is 0 Å². The number of hydrogen-bond donors (Lipinski definition) is 2. The van der Waals surface area contributed by atoms with Crippen molar-refractivity contribution < 1.29 is 5.11 Å². The van der Waals surface area contributed by atoms with Crippen LogP contribution in [0, 0.1) is 0 Å². The lowest BCUT2D eigenvalue weighted by atomic mass is 10.1. The minimum atomic E-state index is -0.373. The first kappa shape index (κ1) is 11.6. The minimum Gasteiger partial charge on any atom is -0.387 e. The number of piperazine rings is 1. The third-order valence-electron chi connectivity index (χ3n) is 3.23. The van der Waals surface area contributed by atoms with E-state index in [9.17, 15) is 5.11 Å². The molecule has 0 spiro atoms. The van der Waals surface area contributed by atoms with Gasteiger partial charge in [0.25, 0.3) is 0 Å². The van der Waals surface area contributed by atoms with Crippen LogP contribution in [0.5, 0.6) is 0 Å². The lowest BCUT2D eigenvalue weighted by Crippen LogP contribution is -2.50. The standard InChI is InChI=1S/C13H20N2O/c1-11-9-14-7-8-15(11)10-13(16)12-5-3-2-4-6-12/h2-6,11,13-14,16H,7-10H2,1H3/t11-,13?/m1/s1. The Morgan fingerprint density at radius 3 is 2.88 bits per heavy atom. The molecule has 2 N–H and O–H groups in total. The summed E-state index contributed by atoms with van der Waals surface area (Å²) in [6.45, 7) is 5.98. The van der Waals surface area contributed by atoms with Crippen LogP contribution >= 0.6 is 0 Å². The lowest BCUT2D eigenvalue weighted by molar-refractivity contribution is 0.0793. The van der Waals surface area contributed by atoms with Crippen molar-refractivity contribution in [2.75, 3.05) is 26.2 Å². The fourth-order valence-electron chi connectivity index (χ4n) is 2.16. The predicted octanol–water partition coefficient (Wildman–Crippen LogP) is 1.01. The summed E-state index contributed by atoms with van der Waals surface area (Å²) in [6, 6.07) is 10.4. The molecule has 1 fully saturated rings. The van der Waals surface area contributed by atoms with Crippen molar-refractivity contribution in [3.63, 3.8) is 0 Å². The number of benzene rings is 1. The van der Waals surface area contributed by atoms with Gasteiger partial charge >= 0.3 is 0 Å². The second-order valence-electron chi connectivity index (χ2n) is 4.47. The highest BCUT2D eigenvalue weighted by Gasteiger charge is 2.20. The van der Waals surface area contributed by atoms with Crippen LogP contribution in [0.2, 0.25) is 0 Å². The van der Waals surface area contributed by atoms with Crippen LogP contribution in [-0.4, -0.2) is 42.2 Å². The normalized spacial score (nSPS) is 24.2. The van der Waals surface area contributed by atoms with Gasteiger partial charge in [0.05, 0.1) is 6.10 Å². The number of hydrogen-bond acceptors (Lipinski definition) is 3. The minimum absolute atomic E-state index is 0.373. The molecule has 1 aromatic carbocycles. The number of rotatable bonds is 3. The van der Waals surface area contributed by atoms with Crippen molar-refractivity contribution >= 4 is 0 Å². The highest BCUT2D eigenvalue weighted by molar-refractivity contribution is 5.17. The molecule has 3 nitrogen and oxygen atoms in total. The molecule has 1 heterocycles. The van der Waals surface area contributed by atoms with E-state index < -0.39 is 0 Å². The van der Waals surface area contributed by atoms with Crippen LogP contribution in [0.25, 0.3) is 0 Å². The van der Waals surface area contributed by atoms with Crippen molar-refractivity contribution in [2.24, 2.45) is 0 Å². The fourth-order valence-corrected chi connectivity index (χ4v) is 2.16. The van der Waals surface area contributed by atoms with Crippen LogP contribution < -0.4 is 5.32 Å². The van der Waals surface area contributed by atoms with Gasteiger partial charge in [-0.05, 0) is 12.5 Å². The van der Waals surface area contributed by atoms with E-state index in [1.165, 1.54) is 0 Å². The molecule has 0 aromatic heterocycles. The van der Waals surface area contributed by atoms with Crippen molar-refractivity contribution in [3.8, 4) is 0 Å². The molecule has 0 aliphatic carbocycles. The number of aliphatic hydroxyl groups excluding tert-OH is 1. The molecule has 0 radical (unpaired) electrons. The van der Waals surface area contributed by atoms with Crippen molar-refractivity contribution in [1.29, 1.82) is 0 Å². The van der Waals surface area contributed by atoms with E-state index in [0.717, 1.165) is 31.7 Å². The second kappa shape index (κ2) is 5.43. The van der Waals surface area contributed by atoms with Gasteiger partial charge in [-0.1, -0.05) is 30.3 Å². The molecule has 1 saturated heterocycles.